The topological polar surface area (TPSA) is 12.5 Å². The number of piperidine rings is 1. The van der Waals surface area contributed by atoms with Crippen molar-refractivity contribution >= 4 is 24.0 Å². The highest BCUT2D eigenvalue weighted by molar-refractivity contribution is 6.30. The van der Waals surface area contributed by atoms with Crippen molar-refractivity contribution in [3.05, 3.63) is 59.1 Å². The Hall–Kier alpha value is -1.06. The lowest BCUT2D eigenvalue weighted by Gasteiger charge is -2.42. The Morgan fingerprint density at radius 3 is 2.64 bits per heavy atom. The summed E-state index contributed by atoms with van der Waals surface area (Å²) in [7, 11) is 2.24. The lowest BCUT2D eigenvalue weighted by Crippen LogP contribution is -2.49. The molecule has 2 bridgehead atoms. The van der Waals surface area contributed by atoms with E-state index in [1.165, 1.54) is 36.0 Å². The molecule has 2 aliphatic rings. The van der Waals surface area contributed by atoms with Crippen LogP contribution < -0.4 is 0 Å². The summed E-state index contributed by atoms with van der Waals surface area (Å²) in [6.45, 7) is 0.663. The van der Waals surface area contributed by atoms with Crippen LogP contribution in [0.2, 0.25) is 5.02 Å². The fourth-order valence-electron chi connectivity index (χ4n) is 4.36. The van der Waals surface area contributed by atoms with Gasteiger partial charge in [0.2, 0.25) is 0 Å². The lowest BCUT2D eigenvalue weighted by atomic mass is 9.99. The molecule has 0 N–H and O–H groups in total. The van der Waals surface area contributed by atoms with Crippen LogP contribution in [-0.2, 0) is 11.3 Å². The zero-order valence-corrected chi connectivity index (χ0v) is 16.2. The van der Waals surface area contributed by atoms with Crippen LogP contribution in [0, 0.1) is 0 Å². The van der Waals surface area contributed by atoms with Gasteiger partial charge in [0.25, 0.3) is 0 Å². The van der Waals surface area contributed by atoms with Gasteiger partial charge in [-0.15, -0.1) is 12.4 Å². The predicted molar refractivity (Wildman–Crippen MR) is 106 cm³/mol. The second kappa shape index (κ2) is 7.67. The van der Waals surface area contributed by atoms with E-state index in [-0.39, 0.29) is 18.1 Å². The monoisotopic (exact) mass is 377 g/mol. The van der Waals surface area contributed by atoms with Gasteiger partial charge in [0.15, 0.2) is 0 Å². The van der Waals surface area contributed by atoms with Crippen molar-refractivity contribution in [2.75, 3.05) is 7.05 Å². The molecule has 0 unspecified atom stereocenters. The summed E-state index contributed by atoms with van der Waals surface area (Å²) >= 11 is 6.03. The minimum Gasteiger partial charge on any atom is -0.356 e. The average molecular weight is 378 g/mol. The second-order valence-electron chi connectivity index (χ2n) is 7.09. The van der Waals surface area contributed by atoms with Crippen LogP contribution in [0.5, 0.6) is 0 Å². The Kier molecular flexibility index (Phi) is 5.75. The van der Waals surface area contributed by atoms with Crippen LogP contribution in [0.3, 0.4) is 0 Å². The number of ether oxygens (including phenoxy) is 1. The van der Waals surface area contributed by atoms with Gasteiger partial charge in [-0.3, -0.25) is 4.90 Å². The van der Waals surface area contributed by atoms with Crippen molar-refractivity contribution in [1.29, 1.82) is 0 Å². The van der Waals surface area contributed by atoms with Crippen molar-refractivity contribution in [3.63, 3.8) is 0 Å². The first-order valence-corrected chi connectivity index (χ1v) is 9.26. The molecular formula is C21H25Cl2NO. The first-order valence-electron chi connectivity index (χ1n) is 8.89. The Morgan fingerprint density at radius 1 is 1.08 bits per heavy atom. The Labute approximate surface area is 161 Å². The molecule has 0 aliphatic carbocycles. The predicted octanol–water partition coefficient (Wildman–Crippen LogP) is 5.92. The largest absolute Gasteiger partial charge is 0.356 e. The minimum atomic E-state index is -0.0456. The molecule has 2 fully saturated rings. The van der Waals surface area contributed by atoms with E-state index in [1.54, 1.807) is 0 Å². The standard InChI is InChI=1S/C21H24ClNO.ClH/c1-23-19-6-4-13-21(23,14-12-19)24-15-17-5-2-3-7-20(17)16-8-10-18(22)11-9-16;/h2-3,5,7-11,19H,4,6,12-15H2,1H3;1H/t19-,21-;/m1./s1. The minimum absolute atomic E-state index is 0. The number of fused-ring (bicyclic) bond motifs is 2. The maximum absolute atomic E-state index is 6.55. The van der Waals surface area contributed by atoms with Gasteiger partial charge in [-0.2, -0.15) is 0 Å². The number of hydrogen-bond acceptors (Lipinski definition) is 2. The molecule has 4 heteroatoms. The van der Waals surface area contributed by atoms with Gasteiger partial charge < -0.3 is 4.74 Å². The Bertz CT molecular complexity index is 714. The van der Waals surface area contributed by atoms with Crippen molar-refractivity contribution in [2.45, 2.75) is 50.5 Å². The molecule has 2 aromatic carbocycles. The summed E-state index contributed by atoms with van der Waals surface area (Å²) < 4.78 is 6.55. The van der Waals surface area contributed by atoms with Gasteiger partial charge in [0.1, 0.15) is 5.72 Å². The summed E-state index contributed by atoms with van der Waals surface area (Å²) in [6.07, 6.45) is 6.20. The van der Waals surface area contributed by atoms with Gasteiger partial charge in [-0.1, -0.05) is 48.0 Å². The van der Waals surface area contributed by atoms with E-state index in [0.29, 0.717) is 12.6 Å². The van der Waals surface area contributed by atoms with Crippen LogP contribution >= 0.6 is 24.0 Å². The molecule has 0 aromatic heterocycles. The summed E-state index contributed by atoms with van der Waals surface area (Å²) in [5.41, 5.74) is 3.63. The van der Waals surface area contributed by atoms with Crippen LogP contribution in [0.4, 0.5) is 0 Å². The van der Waals surface area contributed by atoms with Crippen LogP contribution in [0.1, 0.15) is 37.7 Å². The highest BCUT2D eigenvalue weighted by Gasteiger charge is 2.47. The maximum atomic E-state index is 6.55. The molecule has 4 rings (SSSR count). The highest BCUT2D eigenvalue weighted by Crippen LogP contribution is 2.44. The van der Waals surface area contributed by atoms with Gasteiger partial charge in [-0.25, -0.2) is 0 Å². The molecule has 134 valence electrons. The summed E-state index contributed by atoms with van der Waals surface area (Å²) in [5, 5.41) is 0.771. The number of benzene rings is 2. The third kappa shape index (κ3) is 3.59. The van der Waals surface area contributed by atoms with E-state index in [0.717, 1.165) is 17.9 Å². The number of halogens is 2. The van der Waals surface area contributed by atoms with Crippen LogP contribution in [0.25, 0.3) is 11.1 Å². The number of rotatable bonds is 4. The van der Waals surface area contributed by atoms with Crippen LogP contribution in [-0.4, -0.2) is 23.7 Å². The second-order valence-corrected chi connectivity index (χ2v) is 7.53. The molecule has 0 spiro atoms. The van der Waals surface area contributed by atoms with E-state index in [2.05, 4.69) is 48.3 Å². The molecule has 2 nitrogen and oxygen atoms in total. The van der Waals surface area contributed by atoms with Gasteiger partial charge in [0.05, 0.1) is 6.61 Å². The van der Waals surface area contributed by atoms with E-state index in [9.17, 15) is 0 Å². The molecule has 2 heterocycles. The molecular weight excluding hydrogens is 353 g/mol. The van der Waals surface area contributed by atoms with Crippen molar-refractivity contribution in [3.8, 4) is 11.1 Å². The number of hydrogen-bond donors (Lipinski definition) is 0. The van der Waals surface area contributed by atoms with E-state index in [4.69, 9.17) is 16.3 Å². The van der Waals surface area contributed by atoms with Crippen molar-refractivity contribution < 1.29 is 4.74 Å². The zero-order chi connectivity index (χ0) is 16.6. The molecule has 25 heavy (non-hydrogen) atoms. The molecule has 2 atom stereocenters. The Morgan fingerprint density at radius 2 is 1.84 bits per heavy atom. The molecule has 0 saturated carbocycles. The van der Waals surface area contributed by atoms with E-state index in [1.807, 2.05) is 12.1 Å². The third-order valence-electron chi connectivity index (χ3n) is 5.83. The summed E-state index contributed by atoms with van der Waals surface area (Å²) in [4.78, 5) is 2.49. The SMILES string of the molecule is CN1[C@@H]2CCC[C@@]1(OCc1ccccc1-c1ccc(Cl)cc1)CC2.Cl. The van der Waals surface area contributed by atoms with Gasteiger partial charge in [0, 0.05) is 11.1 Å². The fourth-order valence-corrected chi connectivity index (χ4v) is 4.49. The molecule has 2 aliphatic heterocycles. The zero-order valence-electron chi connectivity index (χ0n) is 14.6. The fraction of sp³-hybridized carbons (Fsp3) is 0.429. The lowest BCUT2D eigenvalue weighted by molar-refractivity contribution is -0.161. The number of nitrogens with zero attached hydrogens (tertiary/aromatic N) is 1. The molecule has 2 saturated heterocycles. The van der Waals surface area contributed by atoms with Crippen molar-refractivity contribution in [1.82, 2.24) is 4.90 Å². The smallest absolute Gasteiger partial charge is 0.122 e. The van der Waals surface area contributed by atoms with Crippen molar-refractivity contribution in [2.24, 2.45) is 0 Å². The van der Waals surface area contributed by atoms with E-state index >= 15 is 0 Å². The van der Waals surface area contributed by atoms with Gasteiger partial charge >= 0.3 is 0 Å². The molecule has 0 amide bonds. The third-order valence-corrected chi connectivity index (χ3v) is 6.08. The highest BCUT2D eigenvalue weighted by atomic mass is 35.5. The van der Waals surface area contributed by atoms with E-state index < -0.39 is 0 Å². The average Bonchev–Trinajstić information content (AvgIpc) is 2.79. The van der Waals surface area contributed by atoms with Crippen LogP contribution in [0.15, 0.2) is 48.5 Å². The first kappa shape index (κ1) is 18.7. The molecule has 2 aromatic rings. The van der Waals surface area contributed by atoms with Gasteiger partial charge in [-0.05, 0) is 68.0 Å². The Balaban J connectivity index is 0.00000182. The first-order chi connectivity index (χ1) is 11.7. The summed E-state index contributed by atoms with van der Waals surface area (Å²) in [5.74, 6) is 0. The summed E-state index contributed by atoms with van der Waals surface area (Å²) in [6, 6.07) is 17.3. The maximum Gasteiger partial charge on any atom is 0.122 e. The normalized spacial score (nSPS) is 25.6. The quantitative estimate of drug-likeness (QED) is 0.655. The molecule has 0 radical (unpaired) electrons.